The van der Waals surface area contributed by atoms with E-state index in [0.717, 1.165) is 12.4 Å². The molecule has 35 heavy (non-hydrogen) atoms. The zero-order valence-electron chi connectivity index (χ0n) is 18.5. The molecule has 2 atom stereocenters. The molecule has 0 saturated heterocycles. The molecular formula is C22H19F4N9. The number of hydrogen-bond acceptors (Lipinski definition) is 8. The molecule has 2 aliphatic heterocycles. The van der Waals surface area contributed by atoms with Crippen molar-refractivity contribution in [2.24, 2.45) is 10.7 Å². The molecular weight excluding hydrogens is 466 g/mol. The molecule has 2 aliphatic rings. The maximum absolute atomic E-state index is 14.3. The van der Waals surface area contributed by atoms with Gasteiger partial charge in [-0.2, -0.15) is 13.2 Å². The summed E-state index contributed by atoms with van der Waals surface area (Å²) in [6.45, 7) is 3.65. The lowest BCUT2D eigenvalue weighted by atomic mass is 10.0. The fourth-order valence-electron chi connectivity index (χ4n) is 4.16. The highest BCUT2D eigenvalue weighted by Crippen LogP contribution is 2.41. The van der Waals surface area contributed by atoms with Crippen molar-refractivity contribution < 1.29 is 17.6 Å². The smallest absolute Gasteiger partial charge is 0.385 e. The first-order valence-corrected chi connectivity index (χ1v) is 10.5. The van der Waals surface area contributed by atoms with Crippen LogP contribution < -0.4 is 11.1 Å². The first kappa shape index (κ1) is 22.5. The number of para-hydroxylation sites is 1. The number of rotatable bonds is 4. The molecule has 5 rings (SSSR count). The van der Waals surface area contributed by atoms with Crippen LogP contribution in [0.3, 0.4) is 0 Å². The normalized spacial score (nSPS) is 18.4. The third kappa shape index (κ3) is 3.78. The van der Waals surface area contributed by atoms with Gasteiger partial charge in [-0.3, -0.25) is 0 Å². The number of benzene rings is 1. The minimum absolute atomic E-state index is 0.264. The van der Waals surface area contributed by atoms with Gasteiger partial charge in [0.1, 0.15) is 23.0 Å². The Morgan fingerprint density at radius 3 is 2.54 bits per heavy atom. The van der Waals surface area contributed by atoms with Crippen molar-refractivity contribution in [2.45, 2.75) is 32.2 Å². The van der Waals surface area contributed by atoms with E-state index >= 15 is 0 Å². The molecule has 0 aliphatic carbocycles. The molecule has 0 fully saturated rings. The molecule has 3 aromatic rings. The number of halogens is 4. The van der Waals surface area contributed by atoms with Gasteiger partial charge in [0.2, 0.25) is 5.82 Å². The lowest BCUT2D eigenvalue weighted by Gasteiger charge is -2.30. The third-order valence-electron chi connectivity index (χ3n) is 5.91. The standard InChI is InChI=1S/C22H19F4N9/c1-11(18-12(2)35(33-32-18)16-6-4-3-5-15(16)23)34-9-14(17-19(27)30-10-31-20(17)34)13-7-28-21(29-8-13)22(24,25)26/h3-11,20H,27H2,1-2H3,(H,30,31). The van der Waals surface area contributed by atoms with Crippen molar-refractivity contribution in [3.05, 3.63) is 82.8 Å². The van der Waals surface area contributed by atoms with Gasteiger partial charge in [0, 0.05) is 35.3 Å². The van der Waals surface area contributed by atoms with Crippen molar-refractivity contribution in [1.82, 2.24) is 35.2 Å². The van der Waals surface area contributed by atoms with Crippen LogP contribution in [0.4, 0.5) is 17.6 Å². The Morgan fingerprint density at radius 1 is 1.14 bits per heavy atom. The van der Waals surface area contributed by atoms with Crippen LogP contribution in [0.15, 0.2) is 59.2 Å². The van der Waals surface area contributed by atoms with Crippen LogP contribution in [0.2, 0.25) is 0 Å². The van der Waals surface area contributed by atoms with Crippen LogP contribution in [-0.4, -0.2) is 42.4 Å². The summed E-state index contributed by atoms with van der Waals surface area (Å²) in [4.78, 5) is 13.3. The van der Waals surface area contributed by atoms with E-state index in [9.17, 15) is 17.6 Å². The summed E-state index contributed by atoms with van der Waals surface area (Å²) in [6.07, 6.45) is 0.168. The molecule has 2 aromatic heterocycles. The second kappa shape index (κ2) is 8.18. The maximum Gasteiger partial charge on any atom is 0.451 e. The zero-order chi connectivity index (χ0) is 24.9. The van der Waals surface area contributed by atoms with Crippen LogP contribution in [-0.2, 0) is 6.18 Å². The molecule has 13 heteroatoms. The minimum Gasteiger partial charge on any atom is -0.385 e. The Kier molecular flexibility index (Phi) is 5.26. The third-order valence-corrected chi connectivity index (χ3v) is 5.91. The van der Waals surface area contributed by atoms with Gasteiger partial charge in [0.15, 0.2) is 6.17 Å². The first-order chi connectivity index (χ1) is 16.7. The van der Waals surface area contributed by atoms with E-state index < -0.39 is 30.0 Å². The molecule has 0 amide bonds. The van der Waals surface area contributed by atoms with Gasteiger partial charge in [0.25, 0.3) is 0 Å². The van der Waals surface area contributed by atoms with Crippen LogP contribution in [0.1, 0.15) is 35.7 Å². The van der Waals surface area contributed by atoms with Crippen molar-refractivity contribution in [2.75, 3.05) is 0 Å². The van der Waals surface area contributed by atoms with Crippen molar-refractivity contribution in [1.29, 1.82) is 0 Å². The Hall–Kier alpha value is -4.29. The second-order valence-corrected chi connectivity index (χ2v) is 8.01. The van der Waals surface area contributed by atoms with Gasteiger partial charge in [-0.1, -0.05) is 17.3 Å². The predicted molar refractivity (Wildman–Crippen MR) is 118 cm³/mol. The number of nitrogens with one attached hydrogen (secondary N) is 1. The summed E-state index contributed by atoms with van der Waals surface area (Å²) in [5, 5.41) is 11.3. The van der Waals surface area contributed by atoms with Gasteiger partial charge in [-0.15, -0.1) is 5.10 Å². The van der Waals surface area contributed by atoms with Crippen LogP contribution in [0, 0.1) is 12.7 Å². The minimum atomic E-state index is -4.65. The van der Waals surface area contributed by atoms with Gasteiger partial charge < -0.3 is 16.0 Å². The summed E-state index contributed by atoms with van der Waals surface area (Å²) in [6, 6.07) is 5.83. The Labute approximate surface area is 196 Å². The van der Waals surface area contributed by atoms with Gasteiger partial charge in [-0.25, -0.2) is 24.0 Å². The Bertz CT molecular complexity index is 1370. The van der Waals surface area contributed by atoms with E-state index in [4.69, 9.17) is 5.73 Å². The number of hydrogen-bond donors (Lipinski definition) is 2. The quantitative estimate of drug-likeness (QED) is 0.547. The fourth-order valence-corrected chi connectivity index (χ4v) is 4.16. The average Bonchev–Trinajstić information content (AvgIpc) is 3.40. The largest absolute Gasteiger partial charge is 0.451 e. The molecule has 180 valence electrons. The van der Waals surface area contributed by atoms with Gasteiger partial charge in [-0.05, 0) is 26.0 Å². The highest BCUT2D eigenvalue weighted by molar-refractivity contribution is 5.84. The predicted octanol–water partition coefficient (Wildman–Crippen LogP) is 3.07. The summed E-state index contributed by atoms with van der Waals surface area (Å²) in [7, 11) is 0. The topological polar surface area (TPSA) is 110 Å². The number of fused-ring (bicyclic) bond motifs is 1. The summed E-state index contributed by atoms with van der Waals surface area (Å²) >= 11 is 0. The molecule has 0 spiro atoms. The van der Waals surface area contributed by atoms with Crippen molar-refractivity contribution in [3.8, 4) is 5.69 Å². The van der Waals surface area contributed by atoms with Crippen LogP contribution in [0.5, 0.6) is 0 Å². The van der Waals surface area contributed by atoms with Crippen molar-refractivity contribution in [3.63, 3.8) is 0 Å². The summed E-state index contributed by atoms with van der Waals surface area (Å²) in [5.41, 5.74) is 9.09. The second-order valence-electron chi connectivity index (χ2n) is 8.01. The van der Waals surface area contributed by atoms with E-state index in [1.54, 1.807) is 31.3 Å². The van der Waals surface area contributed by atoms with Gasteiger partial charge in [0.05, 0.1) is 18.1 Å². The SMILES string of the molecule is Cc1c(C(C)N2C=C(c3cnc(C(F)(F)F)nc3)C3=C(N)NC=NC32)nnn1-c1ccccc1F. The van der Waals surface area contributed by atoms with E-state index in [2.05, 4.69) is 30.6 Å². The molecule has 1 aromatic carbocycles. The molecule has 3 N–H and O–H groups in total. The number of nitrogens with zero attached hydrogens (tertiary/aromatic N) is 7. The van der Waals surface area contributed by atoms with E-state index in [0.29, 0.717) is 33.9 Å². The number of aromatic nitrogens is 5. The van der Waals surface area contributed by atoms with Crippen molar-refractivity contribution >= 4 is 11.9 Å². The highest BCUT2D eigenvalue weighted by Gasteiger charge is 2.39. The fraction of sp³-hybridized carbons (Fsp3) is 0.227. The van der Waals surface area contributed by atoms with E-state index in [1.165, 1.54) is 17.1 Å². The van der Waals surface area contributed by atoms with E-state index in [-0.39, 0.29) is 5.69 Å². The number of aliphatic imine (C=N–C) groups is 1. The Morgan fingerprint density at radius 2 is 1.86 bits per heavy atom. The molecule has 4 heterocycles. The molecule has 2 unspecified atom stereocenters. The van der Waals surface area contributed by atoms with Gasteiger partial charge >= 0.3 is 6.18 Å². The maximum atomic E-state index is 14.3. The average molecular weight is 485 g/mol. The molecule has 0 saturated carbocycles. The zero-order valence-corrected chi connectivity index (χ0v) is 18.5. The summed E-state index contributed by atoms with van der Waals surface area (Å²) < 4.78 is 54.5. The van der Waals surface area contributed by atoms with E-state index in [1.807, 2.05) is 11.8 Å². The first-order valence-electron chi connectivity index (χ1n) is 10.5. The highest BCUT2D eigenvalue weighted by atomic mass is 19.4. The molecule has 9 nitrogen and oxygen atoms in total. The lowest BCUT2D eigenvalue weighted by molar-refractivity contribution is -0.145. The lowest BCUT2D eigenvalue weighted by Crippen LogP contribution is -2.36. The van der Waals surface area contributed by atoms with Crippen LogP contribution >= 0.6 is 0 Å². The monoisotopic (exact) mass is 485 g/mol. The molecule has 0 bridgehead atoms. The Balaban J connectivity index is 1.54. The number of nitrogens with two attached hydrogens (primary N) is 1. The summed E-state index contributed by atoms with van der Waals surface area (Å²) in [5.74, 6) is -1.37. The number of alkyl halides is 3. The van der Waals surface area contributed by atoms with Crippen LogP contribution in [0.25, 0.3) is 11.3 Å². The molecule has 0 radical (unpaired) electrons.